The van der Waals surface area contributed by atoms with Crippen molar-refractivity contribution in [3.05, 3.63) is 78.1 Å². The molecule has 21 heavy (non-hydrogen) atoms. The van der Waals surface area contributed by atoms with Crippen LogP contribution in [0.2, 0.25) is 0 Å². The number of aromatic nitrogens is 2. The van der Waals surface area contributed by atoms with E-state index in [2.05, 4.69) is 35.6 Å². The maximum Gasteiger partial charge on any atom is 0.0645 e. The zero-order chi connectivity index (χ0) is 14.7. The molecular weight excluding hydrogens is 278 g/mol. The lowest BCUT2D eigenvalue weighted by molar-refractivity contribution is 0.860. The molecule has 0 aliphatic carbocycles. The molecule has 3 rings (SSSR count). The predicted octanol–water partition coefficient (Wildman–Crippen LogP) is 3.64. The molecule has 0 bridgehead atoms. The average molecular weight is 295 g/mol. The number of nitrogens with zero attached hydrogens (tertiary/aromatic N) is 2. The molecule has 1 aromatic heterocycles. The Labute approximate surface area is 128 Å². The van der Waals surface area contributed by atoms with Gasteiger partial charge in [0, 0.05) is 16.7 Å². The first-order chi connectivity index (χ1) is 10.3. The van der Waals surface area contributed by atoms with E-state index in [-0.39, 0.29) is 6.04 Å². The summed E-state index contributed by atoms with van der Waals surface area (Å²) in [4.78, 5) is 1.24. The third-order valence-electron chi connectivity index (χ3n) is 3.46. The normalized spacial score (nSPS) is 12.3. The zero-order valence-corrected chi connectivity index (χ0v) is 12.6. The van der Waals surface area contributed by atoms with Crippen molar-refractivity contribution in [2.75, 3.05) is 6.26 Å². The van der Waals surface area contributed by atoms with Crippen molar-refractivity contribution < 1.29 is 0 Å². The summed E-state index contributed by atoms with van der Waals surface area (Å²) in [5.41, 5.74) is 9.48. The van der Waals surface area contributed by atoms with Gasteiger partial charge in [0.05, 0.1) is 17.9 Å². The summed E-state index contributed by atoms with van der Waals surface area (Å²) in [5, 5.41) is 4.40. The Balaban J connectivity index is 1.85. The Morgan fingerprint density at radius 3 is 2.38 bits per heavy atom. The molecule has 4 heteroatoms. The van der Waals surface area contributed by atoms with Crippen molar-refractivity contribution in [2.24, 2.45) is 5.73 Å². The van der Waals surface area contributed by atoms with Gasteiger partial charge < -0.3 is 5.73 Å². The number of hydrogen-bond acceptors (Lipinski definition) is 3. The maximum atomic E-state index is 6.34. The van der Waals surface area contributed by atoms with Crippen LogP contribution in [-0.2, 0) is 0 Å². The van der Waals surface area contributed by atoms with Gasteiger partial charge in [0.15, 0.2) is 0 Å². The molecule has 3 aromatic rings. The molecular formula is C17H17N3S. The third kappa shape index (κ3) is 3.01. The number of benzene rings is 2. The molecule has 0 saturated heterocycles. The molecule has 106 valence electrons. The van der Waals surface area contributed by atoms with E-state index in [0.29, 0.717) is 0 Å². The van der Waals surface area contributed by atoms with E-state index >= 15 is 0 Å². The molecule has 1 atom stereocenters. The standard InChI is InChI=1S/C17H17N3S/c1-21-16-9-7-13(8-10-16)17(18)14-11-19-20(12-14)15-5-3-2-4-6-15/h2-12,17H,18H2,1H3. The number of hydrogen-bond donors (Lipinski definition) is 1. The van der Waals surface area contributed by atoms with Gasteiger partial charge in [0.2, 0.25) is 0 Å². The highest BCUT2D eigenvalue weighted by molar-refractivity contribution is 7.98. The summed E-state index contributed by atoms with van der Waals surface area (Å²) in [6.45, 7) is 0. The number of nitrogens with two attached hydrogens (primary N) is 1. The Morgan fingerprint density at radius 2 is 1.71 bits per heavy atom. The fourth-order valence-electron chi connectivity index (χ4n) is 2.22. The minimum Gasteiger partial charge on any atom is -0.320 e. The topological polar surface area (TPSA) is 43.8 Å². The zero-order valence-electron chi connectivity index (χ0n) is 11.8. The molecule has 1 heterocycles. The van der Waals surface area contributed by atoms with Crippen LogP contribution in [-0.4, -0.2) is 16.0 Å². The summed E-state index contributed by atoms with van der Waals surface area (Å²) in [7, 11) is 0. The quantitative estimate of drug-likeness (QED) is 0.747. The van der Waals surface area contributed by atoms with E-state index in [1.54, 1.807) is 11.8 Å². The molecule has 2 aromatic carbocycles. The lowest BCUT2D eigenvalue weighted by Crippen LogP contribution is -2.10. The summed E-state index contributed by atoms with van der Waals surface area (Å²) in [6, 6.07) is 18.2. The molecule has 0 amide bonds. The van der Waals surface area contributed by atoms with Crippen LogP contribution >= 0.6 is 11.8 Å². The van der Waals surface area contributed by atoms with Crippen LogP contribution in [0.5, 0.6) is 0 Å². The molecule has 3 nitrogen and oxygen atoms in total. The van der Waals surface area contributed by atoms with Crippen LogP contribution < -0.4 is 5.73 Å². The van der Waals surface area contributed by atoms with E-state index in [9.17, 15) is 0 Å². The summed E-state index contributed by atoms with van der Waals surface area (Å²) < 4.78 is 1.85. The summed E-state index contributed by atoms with van der Waals surface area (Å²) >= 11 is 1.73. The van der Waals surface area contributed by atoms with E-state index in [4.69, 9.17) is 5.73 Å². The first-order valence-corrected chi connectivity index (χ1v) is 8.00. The lowest BCUT2D eigenvalue weighted by atomic mass is 10.0. The van der Waals surface area contributed by atoms with Gasteiger partial charge in [0.25, 0.3) is 0 Å². The Bertz CT molecular complexity index is 704. The second-order valence-corrected chi connectivity index (χ2v) is 5.68. The molecule has 0 aliphatic rings. The van der Waals surface area contributed by atoms with Gasteiger partial charge >= 0.3 is 0 Å². The maximum absolute atomic E-state index is 6.34. The Hall–Kier alpha value is -2.04. The number of rotatable bonds is 4. The third-order valence-corrected chi connectivity index (χ3v) is 4.20. The minimum absolute atomic E-state index is 0.154. The number of thioether (sulfide) groups is 1. The molecule has 0 radical (unpaired) electrons. The van der Waals surface area contributed by atoms with Gasteiger partial charge in [-0.1, -0.05) is 30.3 Å². The van der Waals surface area contributed by atoms with Gasteiger partial charge in [-0.2, -0.15) is 5.10 Å². The second kappa shape index (κ2) is 6.16. The predicted molar refractivity (Wildman–Crippen MR) is 87.8 cm³/mol. The molecule has 2 N–H and O–H groups in total. The van der Waals surface area contributed by atoms with E-state index in [1.807, 2.05) is 47.4 Å². The molecule has 0 saturated carbocycles. The summed E-state index contributed by atoms with van der Waals surface area (Å²) in [5.74, 6) is 0. The Kier molecular flexibility index (Phi) is 4.08. The average Bonchev–Trinajstić information content (AvgIpc) is 3.05. The highest BCUT2D eigenvalue weighted by Gasteiger charge is 2.11. The second-order valence-electron chi connectivity index (χ2n) is 4.80. The highest BCUT2D eigenvalue weighted by Crippen LogP contribution is 2.23. The molecule has 0 spiro atoms. The van der Waals surface area contributed by atoms with Crippen molar-refractivity contribution in [3.63, 3.8) is 0 Å². The van der Waals surface area contributed by atoms with Crippen molar-refractivity contribution in [3.8, 4) is 5.69 Å². The van der Waals surface area contributed by atoms with Crippen molar-refractivity contribution >= 4 is 11.8 Å². The van der Waals surface area contributed by atoms with Crippen LogP contribution in [0.25, 0.3) is 5.69 Å². The van der Waals surface area contributed by atoms with Crippen LogP contribution in [0, 0.1) is 0 Å². The Morgan fingerprint density at radius 1 is 1.00 bits per heavy atom. The van der Waals surface area contributed by atoms with Crippen LogP contribution in [0.1, 0.15) is 17.2 Å². The van der Waals surface area contributed by atoms with Gasteiger partial charge in [-0.15, -0.1) is 11.8 Å². The van der Waals surface area contributed by atoms with E-state index < -0.39 is 0 Å². The van der Waals surface area contributed by atoms with Crippen LogP contribution in [0.3, 0.4) is 0 Å². The highest BCUT2D eigenvalue weighted by atomic mass is 32.2. The monoisotopic (exact) mass is 295 g/mol. The molecule has 0 fully saturated rings. The molecule has 1 unspecified atom stereocenters. The van der Waals surface area contributed by atoms with Gasteiger partial charge in [-0.25, -0.2) is 4.68 Å². The fourth-order valence-corrected chi connectivity index (χ4v) is 2.63. The van der Waals surface area contributed by atoms with E-state index in [0.717, 1.165) is 16.8 Å². The van der Waals surface area contributed by atoms with Gasteiger partial charge in [0.1, 0.15) is 0 Å². The van der Waals surface area contributed by atoms with Crippen molar-refractivity contribution in [1.82, 2.24) is 9.78 Å². The lowest BCUT2D eigenvalue weighted by Gasteiger charge is -2.10. The minimum atomic E-state index is -0.154. The van der Waals surface area contributed by atoms with Crippen molar-refractivity contribution in [2.45, 2.75) is 10.9 Å². The largest absolute Gasteiger partial charge is 0.320 e. The number of para-hydroxylation sites is 1. The van der Waals surface area contributed by atoms with Crippen LogP contribution in [0.15, 0.2) is 71.9 Å². The van der Waals surface area contributed by atoms with Gasteiger partial charge in [-0.05, 0) is 36.1 Å². The molecule has 0 aliphatic heterocycles. The van der Waals surface area contributed by atoms with Crippen molar-refractivity contribution in [1.29, 1.82) is 0 Å². The fraction of sp³-hybridized carbons (Fsp3) is 0.118. The van der Waals surface area contributed by atoms with Crippen LogP contribution in [0.4, 0.5) is 0 Å². The first-order valence-electron chi connectivity index (χ1n) is 6.77. The van der Waals surface area contributed by atoms with Gasteiger partial charge in [-0.3, -0.25) is 0 Å². The summed E-state index contributed by atoms with van der Waals surface area (Å²) in [6.07, 6.45) is 5.89. The SMILES string of the molecule is CSc1ccc(C(N)c2cnn(-c3ccccc3)c2)cc1. The first kappa shape index (κ1) is 13.9. The smallest absolute Gasteiger partial charge is 0.0645 e. The van der Waals surface area contributed by atoms with E-state index in [1.165, 1.54) is 4.90 Å².